The first-order chi connectivity index (χ1) is 12.8. The molecule has 2 aromatic rings. The molecule has 0 unspecified atom stereocenters. The second-order valence-electron chi connectivity index (χ2n) is 7.07. The molecule has 1 aromatic heterocycles. The van der Waals surface area contributed by atoms with Crippen LogP contribution in [0.2, 0.25) is 0 Å². The number of morpholine rings is 1. The zero-order valence-corrected chi connectivity index (χ0v) is 15.8. The van der Waals surface area contributed by atoms with E-state index in [2.05, 4.69) is 45.9 Å². The van der Waals surface area contributed by atoms with E-state index in [9.17, 15) is 4.79 Å². The summed E-state index contributed by atoms with van der Waals surface area (Å²) in [6, 6.07) is 12.9. The first-order valence-corrected chi connectivity index (χ1v) is 10.4. The summed E-state index contributed by atoms with van der Waals surface area (Å²) in [6.07, 6.45) is 3.13. The maximum atomic E-state index is 13.0. The van der Waals surface area contributed by atoms with E-state index in [0.717, 1.165) is 45.6 Å². The first kappa shape index (κ1) is 17.7. The molecular formula is C21H26N2O2S. The molecular weight excluding hydrogens is 344 g/mol. The number of carbonyl (C=O) groups excluding carboxylic acids is 1. The molecule has 1 amide bonds. The normalized spacial score (nSPS) is 21.8. The summed E-state index contributed by atoms with van der Waals surface area (Å²) in [5.41, 5.74) is 2.55. The second kappa shape index (κ2) is 8.33. The minimum absolute atomic E-state index is 0.00590. The largest absolute Gasteiger partial charge is 0.379 e. The Bertz CT molecular complexity index is 725. The number of benzene rings is 1. The molecule has 2 atom stereocenters. The lowest BCUT2D eigenvalue weighted by molar-refractivity contribution is -0.123. The average molecular weight is 371 g/mol. The third-order valence-electron chi connectivity index (χ3n) is 5.51. The van der Waals surface area contributed by atoms with Crippen LogP contribution in [0, 0.1) is 0 Å². The molecule has 4 rings (SSSR count). The lowest BCUT2D eigenvalue weighted by Crippen LogP contribution is -2.44. The summed E-state index contributed by atoms with van der Waals surface area (Å²) in [4.78, 5) is 16.7. The van der Waals surface area contributed by atoms with Crippen LogP contribution in [0.3, 0.4) is 0 Å². The van der Waals surface area contributed by atoms with E-state index in [1.807, 2.05) is 6.07 Å². The molecule has 26 heavy (non-hydrogen) atoms. The van der Waals surface area contributed by atoms with Crippen LogP contribution in [0.15, 0.2) is 41.8 Å². The van der Waals surface area contributed by atoms with E-state index < -0.39 is 0 Å². The van der Waals surface area contributed by atoms with Gasteiger partial charge < -0.3 is 10.1 Å². The molecule has 1 saturated heterocycles. The van der Waals surface area contributed by atoms with Gasteiger partial charge in [-0.2, -0.15) is 0 Å². The maximum Gasteiger partial charge on any atom is 0.227 e. The monoisotopic (exact) mass is 370 g/mol. The van der Waals surface area contributed by atoms with Gasteiger partial charge in [-0.15, -0.1) is 11.3 Å². The summed E-state index contributed by atoms with van der Waals surface area (Å²) in [5.74, 6) is 0.167. The van der Waals surface area contributed by atoms with Crippen molar-refractivity contribution in [2.45, 2.75) is 31.2 Å². The molecule has 5 heteroatoms. The van der Waals surface area contributed by atoms with Gasteiger partial charge in [-0.3, -0.25) is 9.69 Å². The number of nitrogens with one attached hydrogen (secondary N) is 1. The molecule has 1 aliphatic heterocycles. The molecule has 0 saturated carbocycles. The van der Waals surface area contributed by atoms with Gasteiger partial charge >= 0.3 is 0 Å². The van der Waals surface area contributed by atoms with Crippen molar-refractivity contribution >= 4 is 17.2 Å². The molecule has 1 fully saturated rings. The van der Waals surface area contributed by atoms with Gasteiger partial charge in [-0.25, -0.2) is 0 Å². The molecule has 2 heterocycles. The van der Waals surface area contributed by atoms with Crippen molar-refractivity contribution < 1.29 is 9.53 Å². The Labute approximate surface area is 159 Å². The van der Waals surface area contributed by atoms with Crippen LogP contribution >= 0.6 is 11.3 Å². The van der Waals surface area contributed by atoms with Crippen LogP contribution in [0.25, 0.3) is 0 Å². The highest BCUT2D eigenvalue weighted by Crippen LogP contribution is 2.32. The van der Waals surface area contributed by atoms with Gasteiger partial charge in [0.25, 0.3) is 0 Å². The summed E-state index contributed by atoms with van der Waals surface area (Å²) < 4.78 is 5.50. The van der Waals surface area contributed by atoms with E-state index in [1.54, 1.807) is 11.3 Å². The Morgan fingerprint density at radius 3 is 2.88 bits per heavy atom. The molecule has 2 aliphatic rings. The number of aryl methyl sites for hydroxylation is 1. The van der Waals surface area contributed by atoms with E-state index in [-0.39, 0.29) is 17.9 Å². The highest BCUT2D eigenvalue weighted by atomic mass is 32.1. The van der Waals surface area contributed by atoms with Gasteiger partial charge in [-0.05, 0) is 41.8 Å². The van der Waals surface area contributed by atoms with E-state index >= 15 is 0 Å². The van der Waals surface area contributed by atoms with E-state index in [4.69, 9.17) is 4.74 Å². The Morgan fingerprint density at radius 1 is 1.23 bits per heavy atom. The smallest absolute Gasteiger partial charge is 0.227 e. The summed E-state index contributed by atoms with van der Waals surface area (Å²) in [6.45, 7) is 4.05. The predicted molar refractivity (Wildman–Crippen MR) is 105 cm³/mol. The van der Waals surface area contributed by atoms with Crippen LogP contribution in [-0.2, 0) is 16.0 Å². The van der Waals surface area contributed by atoms with Gasteiger partial charge in [0, 0.05) is 24.5 Å². The van der Waals surface area contributed by atoms with Gasteiger partial charge in [0.05, 0.1) is 25.2 Å². The summed E-state index contributed by atoms with van der Waals surface area (Å²) >= 11 is 1.77. The standard InChI is InChI=1S/C21H26N2O2S/c24-21(18-8-3-6-16-5-1-2-7-17(16)18)22-15-19(20-9-4-14-26-20)23-10-12-25-13-11-23/h1-2,4-5,7,9,14,18-19H,3,6,8,10-13,15H2,(H,22,24)/t18-,19-/m1/s1. The van der Waals surface area contributed by atoms with Crippen molar-refractivity contribution in [2.24, 2.45) is 0 Å². The maximum absolute atomic E-state index is 13.0. The molecule has 0 radical (unpaired) electrons. The molecule has 138 valence electrons. The van der Waals surface area contributed by atoms with E-state index in [0.29, 0.717) is 6.54 Å². The number of rotatable bonds is 5. The number of fused-ring (bicyclic) bond motifs is 1. The van der Waals surface area contributed by atoms with Crippen molar-refractivity contribution in [3.05, 3.63) is 57.8 Å². The molecule has 1 N–H and O–H groups in total. The lowest BCUT2D eigenvalue weighted by atomic mass is 9.82. The highest BCUT2D eigenvalue weighted by Gasteiger charge is 2.28. The highest BCUT2D eigenvalue weighted by molar-refractivity contribution is 7.10. The number of nitrogens with zero attached hydrogens (tertiary/aromatic N) is 1. The topological polar surface area (TPSA) is 41.6 Å². The fraction of sp³-hybridized carbons (Fsp3) is 0.476. The van der Waals surface area contributed by atoms with Gasteiger partial charge in [0.15, 0.2) is 0 Å². The fourth-order valence-electron chi connectivity index (χ4n) is 4.13. The SMILES string of the molecule is O=C(NC[C@H](c1cccs1)N1CCOCC1)[C@@H]1CCCc2ccccc21. The van der Waals surface area contributed by atoms with Crippen LogP contribution in [0.4, 0.5) is 0 Å². The quantitative estimate of drug-likeness (QED) is 0.877. The summed E-state index contributed by atoms with van der Waals surface area (Å²) in [5, 5.41) is 5.38. The van der Waals surface area contributed by atoms with E-state index in [1.165, 1.54) is 16.0 Å². The van der Waals surface area contributed by atoms with Crippen LogP contribution in [0.1, 0.15) is 40.8 Å². The number of hydrogen-bond acceptors (Lipinski definition) is 4. The Morgan fingerprint density at radius 2 is 2.08 bits per heavy atom. The third-order valence-corrected chi connectivity index (χ3v) is 6.49. The van der Waals surface area contributed by atoms with Crippen molar-refractivity contribution in [1.82, 2.24) is 10.2 Å². The molecule has 4 nitrogen and oxygen atoms in total. The van der Waals surface area contributed by atoms with Crippen molar-refractivity contribution in [3.8, 4) is 0 Å². The third kappa shape index (κ3) is 3.85. The average Bonchev–Trinajstić information content (AvgIpc) is 3.23. The van der Waals surface area contributed by atoms with Crippen LogP contribution in [0.5, 0.6) is 0 Å². The fourth-order valence-corrected chi connectivity index (χ4v) is 4.99. The first-order valence-electron chi connectivity index (χ1n) is 9.53. The summed E-state index contributed by atoms with van der Waals surface area (Å²) in [7, 11) is 0. The van der Waals surface area contributed by atoms with Gasteiger partial charge in [-0.1, -0.05) is 30.3 Å². The van der Waals surface area contributed by atoms with Gasteiger partial charge in [0.2, 0.25) is 5.91 Å². The van der Waals surface area contributed by atoms with Crippen molar-refractivity contribution in [3.63, 3.8) is 0 Å². The second-order valence-corrected chi connectivity index (χ2v) is 8.05. The van der Waals surface area contributed by atoms with Gasteiger partial charge in [0.1, 0.15) is 0 Å². The molecule has 1 aliphatic carbocycles. The van der Waals surface area contributed by atoms with Crippen molar-refractivity contribution in [1.29, 1.82) is 0 Å². The van der Waals surface area contributed by atoms with Crippen molar-refractivity contribution in [2.75, 3.05) is 32.8 Å². The Balaban J connectivity index is 1.45. The number of carbonyl (C=O) groups is 1. The molecule has 1 aromatic carbocycles. The number of amides is 1. The number of ether oxygens (including phenoxy) is 1. The number of thiophene rings is 1. The molecule has 0 spiro atoms. The van der Waals surface area contributed by atoms with Crippen LogP contribution in [-0.4, -0.2) is 43.7 Å². The Hall–Kier alpha value is -1.69. The zero-order valence-electron chi connectivity index (χ0n) is 15.0. The number of hydrogen-bond donors (Lipinski definition) is 1. The minimum atomic E-state index is -0.00590. The Kier molecular flexibility index (Phi) is 5.68. The minimum Gasteiger partial charge on any atom is -0.379 e. The lowest BCUT2D eigenvalue weighted by Gasteiger charge is -2.34. The van der Waals surface area contributed by atoms with Crippen LogP contribution < -0.4 is 5.32 Å². The molecule has 0 bridgehead atoms. The zero-order chi connectivity index (χ0) is 17.8. The predicted octanol–water partition coefficient (Wildman–Crippen LogP) is 3.36.